The summed E-state index contributed by atoms with van der Waals surface area (Å²) in [5.41, 5.74) is 7.60. The van der Waals surface area contributed by atoms with E-state index < -0.39 is 0 Å². The molecule has 5 nitrogen and oxygen atoms in total. The number of nitrogens with two attached hydrogens (primary N) is 1. The predicted molar refractivity (Wildman–Crippen MR) is 66.0 cm³/mol. The fraction of sp³-hybridized carbons (Fsp3) is 0.333. The summed E-state index contributed by atoms with van der Waals surface area (Å²) in [6.45, 7) is 4.57. The molecule has 5 heteroatoms. The van der Waals surface area contributed by atoms with Crippen LogP contribution in [0.1, 0.15) is 31.2 Å². The van der Waals surface area contributed by atoms with Crippen molar-refractivity contribution in [2.24, 2.45) is 5.73 Å². The highest BCUT2D eigenvalue weighted by atomic mass is 16.4. The molecule has 0 bridgehead atoms. The van der Waals surface area contributed by atoms with E-state index in [0.717, 1.165) is 5.69 Å². The van der Waals surface area contributed by atoms with Crippen molar-refractivity contribution in [1.29, 1.82) is 0 Å². The molecule has 1 aromatic heterocycles. The van der Waals surface area contributed by atoms with E-state index in [2.05, 4.69) is 41.5 Å². The molecule has 0 unspecified atom stereocenters. The molecule has 1 heterocycles. The van der Waals surface area contributed by atoms with Crippen LogP contribution in [-0.4, -0.2) is 10.2 Å². The van der Waals surface area contributed by atoms with Crippen LogP contribution in [0, 0.1) is 0 Å². The SMILES string of the molecule is CC(C)c1ccc(Nc2nnc(CN)o2)cc1. The maximum atomic E-state index is 5.39. The van der Waals surface area contributed by atoms with Crippen molar-refractivity contribution in [1.82, 2.24) is 10.2 Å². The fourth-order valence-electron chi connectivity index (χ4n) is 1.46. The Kier molecular flexibility index (Phi) is 3.39. The van der Waals surface area contributed by atoms with Crippen molar-refractivity contribution in [2.45, 2.75) is 26.3 Å². The molecule has 0 aliphatic carbocycles. The standard InChI is InChI=1S/C12H16N4O/c1-8(2)9-3-5-10(6-4-9)14-12-16-15-11(7-13)17-12/h3-6,8H,7,13H2,1-2H3,(H,14,16). The summed E-state index contributed by atoms with van der Waals surface area (Å²) >= 11 is 0. The molecule has 2 rings (SSSR count). The summed E-state index contributed by atoms with van der Waals surface area (Å²) in [6, 6.07) is 8.49. The van der Waals surface area contributed by atoms with Gasteiger partial charge in [0.25, 0.3) is 0 Å². The van der Waals surface area contributed by atoms with Gasteiger partial charge in [-0.3, -0.25) is 0 Å². The van der Waals surface area contributed by atoms with Gasteiger partial charge in [-0.05, 0) is 23.6 Å². The van der Waals surface area contributed by atoms with Gasteiger partial charge in [-0.1, -0.05) is 31.1 Å². The number of hydrogen-bond donors (Lipinski definition) is 2. The van der Waals surface area contributed by atoms with Crippen LogP contribution in [0.4, 0.5) is 11.7 Å². The highest BCUT2D eigenvalue weighted by Crippen LogP contribution is 2.19. The Morgan fingerprint density at radius 2 is 1.94 bits per heavy atom. The Morgan fingerprint density at radius 1 is 1.24 bits per heavy atom. The molecular formula is C12H16N4O. The predicted octanol–water partition coefficient (Wildman–Crippen LogP) is 2.40. The molecule has 0 spiro atoms. The molecule has 0 fully saturated rings. The molecule has 0 aliphatic rings. The molecule has 0 atom stereocenters. The number of benzene rings is 1. The summed E-state index contributed by atoms with van der Waals surface area (Å²) in [7, 11) is 0. The van der Waals surface area contributed by atoms with Gasteiger partial charge in [-0.25, -0.2) is 0 Å². The van der Waals surface area contributed by atoms with Crippen LogP contribution in [0.3, 0.4) is 0 Å². The first-order valence-corrected chi connectivity index (χ1v) is 5.58. The minimum Gasteiger partial charge on any atom is -0.406 e. The lowest BCUT2D eigenvalue weighted by atomic mass is 10.0. The third-order valence-electron chi connectivity index (χ3n) is 2.47. The second-order valence-corrected chi connectivity index (χ2v) is 4.11. The average molecular weight is 232 g/mol. The maximum Gasteiger partial charge on any atom is 0.320 e. The minimum absolute atomic E-state index is 0.251. The van der Waals surface area contributed by atoms with Crippen LogP contribution in [0.2, 0.25) is 0 Å². The fourth-order valence-corrected chi connectivity index (χ4v) is 1.46. The topological polar surface area (TPSA) is 77.0 Å². The number of nitrogens with one attached hydrogen (secondary N) is 1. The lowest BCUT2D eigenvalue weighted by molar-refractivity contribution is 0.511. The normalized spacial score (nSPS) is 10.8. The third-order valence-corrected chi connectivity index (χ3v) is 2.47. The van der Waals surface area contributed by atoms with E-state index in [1.165, 1.54) is 5.56 Å². The first kappa shape index (κ1) is 11.6. The molecule has 2 aromatic rings. The highest BCUT2D eigenvalue weighted by molar-refractivity contribution is 5.52. The van der Waals surface area contributed by atoms with Gasteiger partial charge in [0.1, 0.15) is 0 Å². The molecule has 0 saturated heterocycles. The number of nitrogens with zero attached hydrogens (tertiary/aromatic N) is 2. The molecule has 90 valence electrons. The van der Waals surface area contributed by atoms with Gasteiger partial charge in [0, 0.05) is 5.69 Å². The Hall–Kier alpha value is -1.88. The average Bonchev–Trinajstić information content (AvgIpc) is 2.77. The van der Waals surface area contributed by atoms with E-state index in [9.17, 15) is 0 Å². The first-order valence-electron chi connectivity index (χ1n) is 5.58. The Balaban J connectivity index is 2.08. The molecule has 0 aliphatic heterocycles. The van der Waals surface area contributed by atoms with Gasteiger partial charge in [-0.15, -0.1) is 5.10 Å². The first-order chi connectivity index (χ1) is 8.19. The summed E-state index contributed by atoms with van der Waals surface area (Å²) in [5.74, 6) is 0.947. The zero-order valence-corrected chi connectivity index (χ0v) is 9.97. The Labute approximate surface area is 100 Å². The molecular weight excluding hydrogens is 216 g/mol. The largest absolute Gasteiger partial charge is 0.406 e. The lowest BCUT2D eigenvalue weighted by Gasteiger charge is -2.06. The van der Waals surface area contributed by atoms with E-state index >= 15 is 0 Å². The van der Waals surface area contributed by atoms with E-state index in [4.69, 9.17) is 10.2 Å². The summed E-state index contributed by atoms with van der Waals surface area (Å²) < 4.78 is 5.26. The Bertz CT molecular complexity index is 476. The monoisotopic (exact) mass is 232 g/mol. The van der Waals surface area contributed by atoms with Crippen molar-refractivity contribution in [3.63, 3.8) is 0 Å². The summed E-state index contributed by atoms with van der Waals surface area (Å²) in [6.07, 6.45) is 0. The van der Waals surface area contributed by atoms with Crippen LogP contribution in [0.5, 0.6) is 0 Å². The van der Waals surface area contributed by atoms with E-state index in [0.29, 0.717) is 17.8 Å². The van der Waals surface area contributed by atoms with Crippen LogP contribution in [0.15, 0.2) is 28.7 Å². The maximum absolute atomic E-state index is 5.39. The zero-order valence-electron chi connectivity index (χ0n) is 9.97. The second kappa shape index (κ2) is 4.97. The molecule has 1 aromatic carbocycles. The zero-order chi connectivity index (χ0) is 12.3. The Morgan fingerprint density at radius 3 is 2.47 bits per heavy atom. The van der Waals surface area contributed by atoms with Crippen molar-refractivity contribution in [2.75, 3.05) is 5.32 Å². The van der Waals surface area contributed by atoms with Crippen molar-refractivity contribution in [3.05, 3.63) is 35.7 Å². The number of aromatic nitrogens is 2. The molecule has 17 heavy (non-hydrogen) atoms. The van der Waals surface area contributed by atoms with Crippen molar-refractivity contribution in [3.8, 4) is 0 Å². The van der Waals surface area contributed by atoms with Gasteiger partial charge < -0.3 is 15.5 Å². The van der Waals surface area contributed by atoms with Gasteiger partial charge in [0.05, 0.1) is 6.54 Å². The summed E-state index contributed by atoms with van der Waals surface area (Å²) in [4.78, 5) is 0. The van der Waals surface area contributed by atoms with Crippen LogP contribution < -0.4 is 11.1 Å². The van der Waals surface area contributed by atoms with Crippen LogP contribution in [-0.2, 0) is 6.54 Å². The van der Waals surface area contributed by atoms with Crippen molar-refractivity contribution >= 4 is 11.7 Å². The highest BCUT2D eigenvalue weighted by Gasteiger charge is 2.04. The van der Waals surface area contributed by atoms with E-state index in [1.807, 2.05) is 12.1 Å². The minimum atomic E-state index is 0.251. The van der Waals surface area contributed by atoms with Gasteiger partial charge >= 0.3 is 6.01 Å². The smallest absolute Gasteiger partial charge is 0.320 e. The van der Waals surface area contributed by atoms with E-state index in [-0.39, 0.29) is 6.54 Å². The van der Waals surface area contributed by atoms with Gasteiger partial charge in [0.2, 0.25) is 5.89 Å². The molecule has 0 radical (unpaired) electrons. The third kappa shape index (κ3) is 2.82. The molecule has 0 saturated carbocycles. The van der Waals surface area contributed by atoms with Crippen LogP contribution >= 0.6 is 0 Å². The van der Waals surface area contributed by atoms with E-state index in [1.54, 1.807) is 0 Å². The number of rotatable bonds is 4. The lowest BCUT2D eigenvalue weighted by Crippen LogP contribution is -1.95. The number of hydrogen-bond acceptors (Lipinski definition) is 5. The summed E-state index contributed by atoms with van der Waals surface area (Å²) in [5, 5.41) is 10.6. The van der Waals surface area contributed by atoms with Gasteiger partial charge in [0.15, 0.2) is 0 Å². The van der Waals surface area contributed by atoms with Gasteiger partial charge in [-0.2, -0.15) is 0 Å². The van der Waals surface area contributed by atoms with Crippen LogP contribution in [0.25, 0.3) is 0 Å². The molecule has 3 N–H and O–H groups in total. The molecule has 0 amide bonds. The van der Waals surface area contributed by atoms with Crippen molar-refractivity contribution < 1.29 is 4.42 Å². The second-order valence-electron chi connectivity index (χ2n) is 4.11. The number of anilines is 2. The quantitative estimate of drug-likeness (QED) is 0.846.